The second-order valence-electron chi connectivity index (χ2n) is 4.97. The van der Waals surface area contributed by atoms with Gasteiger partial charge in [0.15, 0.2) is 5.96 Å². The molecule has 106 valence electrons. The third-order valence-corrected chi connectivity index (χ3v) is 3.39. The van der Waals surface area contributed by atoms with Gasteiger partial charge in [-0.05, 0) is 51.7 Å². The SMILES string of the molecule is CCNC(=NCC1CC1)NCCCN(CC)CC. The average molecular weight is 254 g/mol. The number of hydrogen-bond donors (Lipinski definition) is 2. The summed E-state index contributed by atoms with van der Waals surface area (Å²) in [6.45, 7) is 13.0. The van der Waals surface area contributed by atoms with Crippen LogP contribution in [0.3, 0.4) is 0 Å². The van der Waals surface area contributed by atoms with E-state index in [2.05, 4.69) is 41.3 Å². The van der Waals surface area contributed by atoms with Gasteiger partial charge >= 0.3 is 0 Å². The highest BCUT2D eigenvalue weighted by molar-refractivity contribution is 5.79. The molecule has 1 aliphatic rings. The highest BCUT2D eigenvalue weighted by Gasteiger charge is 2.20. The van der Waals surface area contributed by atoms with Crippen molar-refractivity contribution >= 4 is 5.96 Å². The van der Waals surface area contributed by atoms with Gasteiger partial charge in [0.2, 0.25) is 0 Å². The van der Waals surface area contributed by atoms with E-state index >= 15 is 0 Å². The smallest absolute Gasteiger partial charge is 0.191 e. The molecule has 4 heteroatoms. The van der Waals surface area contributed by atoms with Gasteiger partial charge in [-0.3, -0.25) is 4.99 Å². The Hall–Kier alpha value is -0.770. The molecule has 0 aliphatic heterocycles. The lowest BCUT2D eigenvalue weighted by Crippen LogP contribution is -2.39. The number of aliphatic imine (C=N–C) groups is 1. The highest BCUT2D eigenvalue weighted by Crippen LogP contribution is 2.28. The van der Waals surface area contributed by atoms with Crippen LogP contribution >= 0.6 is 0 Å². The molecule has 0 aromatic heterocycles. The number of rotatable bonds is 9. The van der Waals surface area contributed by atoms with E-state index in [-0.39, 0.29) is 0 Å². The van der Waals surface area contributed by atoms with Crippen molar-refractivity contribution in [2.24, 2.45) is 10.9 Å². The Morgan fingerprint density at radius 3 is 2.44 bits per heavy atom. The predicted octanol–water partition coefficient (Wildman–Crippen LogP) is 1.68. The van der Waals surface area contributed by atoms with Gasteiger partial charge in [-0.2, -0.15) is 0 Å². The fraction of sp³-hybridized carbons (Fsp3) is 0.929. The van der Waals surface area contributed by atoms with E-state index in [1.54, 1.807) is 0 Å². The molecule has 0 unspecified atom stereocenters. The Morgan fingerprint density at radius 2 is 1.89 bits per heavy atom. The van der Waals surface area contributed by atoms with Crippen molar-refractivity contribution in [1.29, 1.82) is 0 Å². The first kappa shape index (κ1) is 15.3. The van der Waals surface area contributed by atoms with Gasteiger partial charge in [0, 0.05) is 19.6 Å². The van der Waals surface area contributed by atoms with Crippen LogP contribution in [0.1, 0.15) is 40.0 Å². The standard InChI is InChI=1S/C14H30N4/c1-4-15-14(17-12-13-8-9-13)16-10-7-11-18(5-2)6-3/h13H,4-12H2,1-3H3,(H2,15,16,17). The van der Waals surface area contributed by atoms with Crippen molar-refractivity contribution in [2.45, 2.75) is 40.0 Å². The third kappa shape index (κ3) is 6.84. The minimum absolute atomic E-state index is 0.858. The van der Waals surface area contributed by atoms with Gasteiger partial charge in [-0.15, -0.1) is 0 Å². The Balaban J connectivity index is 2.13. The zero-order valence-corrected chi connectivity index (χ0v) is 12.3. The van der Waals surface area contributed by atoms with Gasteiger partial charge in [0.25, 0.3) is 0 Å². The van der Waals surface area contributed by atoms with Crippen LogP contribution in [0, 0.1) is 5.92 Å². The Bertz CT molecular complexity index is 232. The van der Waals surface area contributed by atoms with Crippen LogP contribution in [-0.4, -0.2) is 50.1 Å². The molecule has 1 aliphatic carbocycles. The second-order valence-corrected chi connectivity index (χ2v) is 4.97. The highest BCUT2D eigenvalue weighted by atomic mass is 15.2. The summed E-state index contributed by atoms with van der Waals surface area (Å²) in [6, 6.07) is 0. The molecule has 0 aromatic rings. The van der Waals surface area contributed by atoms with Crippen molar-refractivity contribution in [1.82, 2.24) is 15.5 Å². The zero-order valence-electron chi connectivity index (χ0n) is 12.3. The van der Waals surface area contributed by atoms with Crippen LogP contribution in [0.5, 0.6) is 0 Å². The molecule has 2 N–H and O–H groups in total. The molecule has 1 saturated carbocycles. The lowest BCUT2D eigenvalue weighted by molar-refractivity contribution is 0.300. The van der Waals surface area contributed by atoms with E-state index in [9.17, 15) is 0 Å². The number of nitrogens with zero attached hydrogens (tertiary/aromatic N) is 2. The fourth-order valence-electron chi connectivity index (χ4n) is 1.91. The van der Waals surface area contributed by atoms with Gasteiger partial charge in [0.1, 0.15) is 0 Å². The van der Waals surface area contributed by atoms with Gasteiger partial charge in [-0.25, -0.2) is 0 Å². The maximum Gasteiger partial charge on any atom is 0.191 e. The van der Waals surface area contributed by atoms with Crippen LogP contribution in [0.4, 0.5) is 0 Å². The fourth-order valence-corrected chi connectivity index (χ4v) is 1.91. The molecule has 4 nitrogen and oxygen atoms in total. The van der Waals surface area contributed by atoms with Gasteiger partial charge in [0.05, 0.1) is 0 Å². The molecule has 1 rings (SSSR count). The third-order valence-electron chi connectivity index (χ3n) is 3.39. The Morgan fingerprint density at radius 1 is 1.17 bits per heavy atom. The van der Waals surface area contributed by atoms with E-state index in [1.165, 1.54) is 25.8 Å². The van der Waals surface area contributed by atoms with E-state index in [0.29, 0.717) is 0 Å². The van der Waals surface area contributed by atoms with Crippen LogP contribution in [0.25, 0.3) is 0 Å². The van der Waals surface area contributed by atoms with E-state index in [0.717, 1.165) is 44.6 Å². The first-order valence-corrected chi connectivity index (χ1v) is 7.54. The lowest BCUT2D eigenvalue weighted by Gasteiger charge is -2.18. The summed E-state index contributed by atoms with van der Waals surface area (Å²) in [5.74, 6) is 1.85. The number of hydrogen-bond acceptors (Lipinski definition) is 2. The summed E-state index contributed by atoms with van der Waals surface area (Å²) >= 11 is 0. The number of guanidine groups is 1. The second kappa shape index (κ2) is 9.20. The van der Waals surface area contributed by atoms with Gasteiger partial charge < -0.3 is 15.5 Å². The summed E-state index contributed by atoms with van der Waals surface area (Å²) in [5.41, 5.74) is 0. The first-order valence-electron chi connectivity index (χ1n) is 7.54. The topological polar surface area (TPSA) is 39.7 Å². The zero-order chi connectivity index (χ0) is 13.2. The summed E-state index contributed by atoms with van der Waals surface area (Å²) in [6.07, 6.45) is 3.91. The van der Waals surface area contributed by atoms with Crippen molar-refractivity contribution in [3.8, 4) is 0 Å². The molecular formula is C14H30N4. The molecule has 0 amide bonds. The largest absolute Gasteiger partial charge is 0.357 e. The van der Waals surface area contributed by atoms with Gasteiger partial charge in [-0.1, -0.05) is 13.8 Å². The molecule has 0 radical (unpaired) electrons. The van der Waals surface area contributed by atoms with E-state index < -0.39 is 0 Å². The van der Waals surface area contributed by atoms with Crippen LogP contribution in [0.15, 0.2) is 4.99 Å². The minimum atomic E-state index is 0.858. The van der Waals surface area contributed by atoms with Crippen LogP contribution in [0.2, 0.25) is 0 Å². The molecule has 18 heavy (non-hydrogen) atoms. The average Bonchev–Trinajstić information content (AvgIpc) is 3.20. The Labute approximate surface area is 112 Å². The minimum Gasteiger partial charge on any atom is -0.357 e. The quantitative estimate of drug-likeness (QED) is 0.374. The Kier molecular flexibility index (Phi) is 7.81. The molecular weight excluding hydrogens is 224 g/mol. The molecule has 0 heterocycles. The van der Waals surface area contributed by atoms with E-state index in [4.69, 9.17) is 0 Å². The summed E-state index contributed by atoms with van der Waals surface area (Å²) < 4.78 is 0. The van der Waals surface area contributed by atoms with Crippen molar-refractivity contribution in [2.75, 3.05) is 39.3 Å². The molecule has 0 saturated heterocycles. The molecule has 1 fully saturated rings. The number of nitrogens with one attached hydrogen (secondary N) is 2. The van der Waals surface area contributed by atoms with Crippen molar-refractivity contribution in [3.05, 3.63) is 0 Å². The van der Waals surface area contributed by atoms with Crippen molar-refractivity contribution < 1.29 is 0 Å². The van der Waals surface area contributed by atoms with Crippen LogP contribution < -0.4 is 10.6 Å². The normalized spacial score (nSPS) is 16.1. The van der Waals surface area contributed by atoms with Crippen molar-refractivity contribution in [3.63, 3.8) is 0 Å². The predicted molar refractivity (Wildman–Crippen MR) is 79.1 cm³/mol. The van der Waals surface area contributed by atoms with E-state index in [1.807, 2.05) is 0 Å². The summed E-state index contributed by atoms with van der Waals surface area (Å²) in [5, 5.41) is 6.73. The maximum atomic E-state index is 4.61. The summed E-state index contributed by atoms with van der Waals surface area (Å²) in [7, 11) is 0. The monoisotopic (exact) mass is 254 g/mol. The molecule has 0 bridgehead atoms. The lowest BCUT2D eigenvalue weighted by atomic mass is 10.3. The molecule has 0 aromatic carbocycles. The van der Waals surface area contributed by atoms with Crippen LogP contribution in [-0.2, 0) is 0 Å². The maximum absolute atomic E-state index is 4.61. The summed E-state index contributed by atoms with van der Waals surface area (Å²) in [4.78, 5) is 7.07. The molecule has 0 atom stereocenters. The first-order chi connectivity index (χ1) is 8.80. The molecule has 0 spiro atoms.